The lowest BCUT2D eigenvalue weighted by molar-refractivity contribution is -0.114. The van der Waals surface area contributed by atoms with Gasteiger partial charge in [-0.3, -0.25) is 19.7 Å². The molecule has 0 fully saturated rings. The number of carbonyl (C=O) groups excluding carboxylic acids is 3. The molecule has 0 atom stereocenters. The number of aromatic nitrogens is 2. The highest BCUT2D eigenvalue weighted by Gasteiger charge is 2.17. The Morgan fingerprint density at radius 2 is 1.66 bits per heavy atom. The molecule has 2 heterocycles. The van der Waals surface area contributed by atoms with Crippen LogP contribution in [-0.4, -0.2) is 40.8 Å². The monoisotopic (exact) mass is 625 g/mol. The quantitative estimate of drug-likeness (QED) is 0.116. The summed E-state index contributed by atoms with van der Waals surface area (Å²) in [4.78, 5) is 39.5. The smallest absolute Gasteiger partial charge is 0.272 e. The molecular formula is C32H27N5O5S2. The molecule has 0 aliphatic carbocycles. The molecule has 3 N–H and O–H groups in total. The third-order valence-corrected chi connectivity index (χ3v) is 7.84. The number of rotatable bonds is 11. The van der Waals surface area contributed by atoms with Crippen LogP contribution < -0.4 is 20.7 Å². The zero-order valence-electron chi connectivity index (χ0n) is 23.7. The molecule has 0 saturated carbocycles. The molecule has 3 amide bonds. The van der Waals surface area contributed by atoms with Crippen LogP contribution in [0.3, 0.4) is 0 Å². The molecule has 0 radical (unpaired) electrons. The number of furan rings is 1. The zero-order valence-corrected chi connectivity index (χ0v) is 25.3. The van der Waals surface area contributed by atoms with E-state index in [2.05, 4.69) is 26.1 Å². The van der Waals surface area contributed by atoms with Gasteiger partial charge in [-0.25, -0.2) is 0 Å². The van der Waals surface area contributed by atoms with Crippen molar-refractivity contribution in [1.29, 1.82) is 0 Å². The summed E-state index contributed by atoms with van der Waals surface area (Å²) in [7, 11) is 1.58. The molecule has 0 spiro atoms. The SMILES string of the molecule is COc1ccccc1-c1ccc(/C=C(/NC(=O)c2ccccc2)C(=O)Nc2ccc(SCC(=O)Nc3nnc(C)s3)cc2)o1. The molecule has 5 rings (SSSR count). The van der Waals surface area contributed by atoms with Gasteiger partial charge in [-0.05, 0) is 67.6 Å². The number of nitrogens with one attached hydrogen (secondary N) is 3. The van der Waals surface area contributed by atoms with Gasteiger partial charge in [0.15, 0.2) is 0 Å². The van der Waals surface area contributed by atoms with Gasteiger partial charge in [-0.1, -0.05) is 41.7 Å². The Morgan fingerprint density at radius 1 is 0.909 bits per heavy atom. The number of para-hydroxylation sites is 1. The number of hydrogen-bond acceptors (Lipinski definition) is 9. The van der Waals surface area contributed by atoms with Gasteiger partial charge in [0, 0.05) is 22.2 Å². The van der Waals surface area contributed by atoms with Crippen molar-refractivity contribution in [3.8, 4) is 17.1 Å². The molecule has 0 bridgehead atoms. The van der Waals surface area contributed by atoms with Crippen molar-refractivity contribution in [3.05, 3.63) is 113 Å². The van der Waals surface area contributed by atoms with Crippen molar-refractivity contribution in [2.75, 3.05) is 23.5 Å². The molecule has 0 aliphatic heterocycles. The summed E-state index contributed by atoms with van der Waals surface area (Å²) < 4.78 is 11.4. The van der Waals surface area contributed by atoms with Crippen molar-refractivity contribution in [3.63, 3.8) is 0 Å². The molecule has 3 aromatic carbocycles. The normalized spacial score (nSPS) is 11.1. The van der Waals surface area contributed by atoms with Crippen LogP contribution in [0.1, 0.15) is 21.1 Å². The number of thioether (sulfide) groups is 1. The maximum Gasteiger partial charge on any atom is 0.272 e. The number of carbonyl (C=O) groups is 3. The Bertz CT molecular complexity index is 1800. The summed E-state index contributed by atoms with van der Waals surface area (Å²) in [5, 5.41) is 17.2. The first-order chi connectivity index (χ1) is 21.4. The van der Waals surface area contributed by atoms with Gasteiger partial charge < -0.3 is 19.8 Å². The Balaban J connectivity index is 1.29. The van der Waals surface area contributed by atoms with E-state index in [0.29, 0.717) is 33.7 Å². The lowest BCUT2D eigenvalue weighted by Crippen LogP contribution is -2.30. The van der Waals surface area contributed by atoms with Crippen LogP contribution in [-0.2, 0) is 9.59 Å². The third-order valence-electron chi connectivity index (χ3n) is 6.07. The minimum absolute atomic E-state index is 0.0122. The van der Waals surface area contributed by atoms with Gasteiger partial charge >= 0.3 is 0 Å². The topological polar surface area (TPSA) is 135 Å². The van der Waals surface area contributed by atoms with E-state index in [4.69, 9.17) is 9.15 Å². The number of ether oxygens (including phenoxy) is 1. The fraction of sp³-hybridized carbons (Fsp3) is 0.0938. The van der Waals surface area contributed by atoms with Gasteiger partial charge in [-0.15, -0.1) is 22.0 Å². The minimum atomic E-state index is -0.545. The fourth-order valence-electron chi connectivity index (χ4n) is 3.99. The average molecular weight is 626 g/mol. The van der Waals surface area contributed by atoms with E-state index in [0.717, 1.165) is 15.5 Å². The number of methoxy groups -OCH3 is 1. The van der Waals surface area contributed by atoms with Crippen LogP contribution in [0.2, 0.25) is 0 Å². The van der Waals surface area contributed by atoms with E-state index in [-0.39, 0.29) is 17.4 Å². The summed E-state index contributed by atoms with van der Waals surface area (Å²) in [6.45, 7) is 1.81. The summed E-state index contributed by atoms with van der Waals surface area (Å²) in [5.41, 5.74) is 1.63. The highest BCUT2D eigenvalue weighted by molar-refractivity contribution is 8.00. The predicted molar refractivity (Wildman–Crippen MR) is 172 cm³/mol. The number of anilines is 2. The Kier molecular flexibility index (Phi) is 9.85. The highest BCUT2D eigenvalue weighted by atomic mass is 32.2. The van der Waals surface area contributed by atoms with E-state index in [1.54, 1.807) is 73.8 Å². The molecule has 5 aromatic rings. The van der Waals surface area contributed by atoms with Crippen LogP contribution >= 0.6 is 23.1 Å². The Hall–Kier alpha value is -5.20. The van der Waals surface area contributed by atoms with Gasteiger partial charge in [0.2, 0.25) is 11.0 Å². The molecule has 10 nitrogen and oxygen atoms in total. The standard InChI is InChI=1S/C32H27N5O5S2/c1-20-36-37-32(44-20)35-29(38)19-43-24-15-12-22(13-16-24)33-31(40)26(34-30(39)21-8-4-3-5-9-21)18-23-14-17-28(42-23)25-10-6-7-11-27(25)41-2/h3-18H,19H2,1-2H3,(H,33,40)(H,34,39)(H,35,37,38)/b26-18+. The summed E-state index contributed by atoms with van der Waals surface area (Å²) >= 11 is 2.65. The van der Waals surface area contributed by atoms with E-state index in [1.807, 2.05) is 31.2 Å². The number of benzene rings is 3. The average Bonchev–Trinajstić information content (AvgIpc) is 3.69. The predicted octanol–water partition coefficient (Wildman–Crippen LogP) is 6.26. The molecule has 12 heteroatoms. The second kappa shape index (κ2) is 14.3. The second-order valence-corrected chi connectivity index (χ2v) is 11.5. The van der Waals surface area contributed by atoms with Crippen molar-refractivity contribution in [1.82, 2.24) is 15.5 Å². The van der Waals surface area contributed by atoms with E-state index in [1.165, 1.54) is 29.2 Å². The molecule has 0 unspecified atom stereocenters. The summed E-state index contributed by atoms with van der Waals surface area (Å²) in [6, 6.07) is 26.5. The highest BCUT2D eigenvalue weighted by Crippen LogP contribution is 2.31. The third kappa shape index (κ3) is 8.00. The van der Waals surface area contributed by atoms with Gasteiger partial charge in [0.25, 0.3) is 11.8 Å². The maximum absolute atomic E-state index is 13.4. The number of amides is 3. The maximum atomic E-state index is 13.4. The van der Waals surface area contributed by atoms with Crippen LogP contribution in [0.5, 0.6) is 5.75 Å². The molecule has 222 valence electrons. The number of hydrogen-bond donors (Lipinski definition) is 3. The first kappa shape index (κ1) is 30.3. The van der Waals surface area contributed by atoms with Crippen LogP contribution in [0.15, 0.2) is 106 Å². The minimum Gasteiger partial charge on any atom is -0.496 e. The van der Waals surface area contributed by atoms with Gasteiger partial charge in [-0.2, -0.15) is 0 Å². The van der Waals surface area contributed by atoms with Crippen molar-refractivity contribution < 1.29 is 23.5 Å². The van der Waals surface area contributed by atoms with E-state index in [9.17, 15) is 14.4 Å². The summed E-state index contributed by atoms with van der Waals surface area (Å²) in [5.74, 6) is 0.541. The fourth-order valence-corrected chi connectivity index (χ4v) is 5.30. The lowest BCUT2D eigenvalue weighted by Gasteiger charge is -2.11. The van der Waals surface area contributed by atoms with E-state index < -0.39 is 11.8 Å². The van der Waals surface area contributed by atoms with E-state index >= 15 is 0 Å². The van der Waals surface area contributed by atoms with Gasteiger partial charge in [0.1, 0.15) is 28.0 Å². The van der Waals surface area contributed by atoms with Crippen LogP contribution in [0.25, 0.3) is 17.4 Å². The van der Waals surface area contributed by atoms with Crippen molar-refractivity contribution in [2.24, 2.45) is 0 Å². The summed E-state index contributed by atoms with van der Waals surface area (Å²) in [6.07, 6.45) is 1.47. The Morgan fingerprint density at radius 3 is 2.39 bits per heavy atom. The number of nitrogens with zero attached hydrogens (tertiary/aromatic N) is 2. The largest absolute Gasteiger partial charge is 0.496 e. The number of aryl methyl sites for hydroxylation is 1. The second-order valence-electron chi connectivity index (χ2n) is 9.22. The van der Waals surface area contributed by atoms with Crippen LogP contribution in [0, 0.1) is 6.92 Å². The molecule has 0 aliphatic rings. The first-order valence-electron chi connectivity index (χ1n) is 13.3. The van der Waals surface area contributed by atoms with Gasteiger partial charge in [0.05, 0.1) is 18.4 Å². The van der Waals surface area contributed by atoms with Crippen molar-refractivity contribution >= 4 is 57.7 Å². The Labute approximate surface area is 261 Å². The molecule has 2 aromatic heterocycles. The zero-order chi connectivity index (χ0) is 30.9. The van der Waals surface area contributed by atoms with Crippen molar-refractivity contribution in [2.45, 2.75) is 11.8 Å². The molecule has 0 saturated heterocycles. The van der Waals surface area contributed by atoms with Crippen LogP contribution in [0.4, 0.5) is 10.8 Å². The molecular weight excluding hydrogens is 599 g/mol. The first-order valence-corrected chi connectivity index (χ1v) is 15.1. The molecule has 44 heavy (non-hydrogen) atoms. The lowest BCUT2D eigenvalue weighted by atomic mass is 10.1.